The minimum Gasteiger partial charge on any atom is -0.281 e. The van der Waals surface area contributed by atoms with E-state index >= 15 is 0 Å². The lowest BCUT2D eigenvalue weighted by atomic mass is 10.2. The van der Waals surface area contributed by atoms with E-state index < -0.39 is 43.5 Å². The summed E-state index contributed by atoms with van der Waals surface area (Å²) in [4.78, 5) is 0. The molecule has 0 fully saturated rings. The normalized spacial score (nSPS) is 15.4. The Morgan fingerprint density at radius 1 is 1.00 bits per heavy atom. The molecule has 0 saturated heterocycles. The maximum atomic E-state index is 13.2. The van der Waals surface area contributed by atoms with Crippen molar-refractivity contribution in [1.82, 2.24) is 0 Å². The fourth-order valence-corrected chi connectivity index (χ4v) is 3.10. The topological polar surface area (TPSA) is 97.7 Å². The van der Waals surface area contributed by atoms with Crippen LogP contribution >= 0.6 is 0 Å². The van der Waals surface area contributed by atoms with Gasteiger partial charge in [0.1, 0.15) is 5.75 Å². The molecule has 0 amide bonds. The fraction of sp³-hybridized carbons (Fsp3) is 0.400. The van der Waals surface area contributed by atoms with Crippen LogP contribution in [0.3, 0.4) is 0 Å². The first-order valence-corrected chi connectivity index (χ1v) is 8.55. The third kappa shape index (κ3) is 5.09. The SMILES string of the molecule is O=S(=O)(Cc1ccccc1)OC(C(F)(F)F)C(F)(F)S(=O)(=O)O. The van der Waals surface area contributed by atoms with Crippen LogP contribution in [0.25, 0.3) is 0 Å². The Kier molecular flexibility index (Phi) is 5.40. The van der Waals surface area contributed by atoms with Crippen LogP contribution < -0.4 is 0 Å². The second-order valence-electron chi connectivity index (χ2n) is 4.24. The molecule has 0 heterocycles. The van der Waals surface area contributed by atoms with E-state index in [4.69, 9.17) is 4.55 Å². The Bertz CT molecular complexity index is 742. The second-order valence-corrected chi connectivity index (χ2v) is 7.33. The molecule has 1 rings (SSSR count). The lowest BCUT2D eigenvalue weighted by molar-refractivity contribution is -0.237. The van der Waals surface area contributed by atoms with E-state index in [1.54, 1.807) is 0 Å². The second kappa shape index (κ2) is 6.30. The largest absolute Gasteiger partial charge is 0.423 e. The van der Waals surface area contributed by atoms with Crippen LogP contribution in [0, 0.1) is 0 Å². The van der Waals surface area contributed by atoms with E-state index in [-0.39, 0.29) is 5.56 Å². The maximum absolute atomic E-state index is 13.2. The summed E-state index contributed by atoms with van der Waals surface area (Å²) in [5.74, 6) is -1.21. The smallest absolute Gasteiger partial charge is 0.281 e. The Labute approximate surface area is 127 Å². The molecule has 132 valence electrons. The van der Waals surface area contributed by atoms with Gasteiger partial charge in [-0.2, -0.15) is 38.8 Å². The van der Waals surface area contributed by atoms with Crippen LogP contribution in [0.5, 0.6) is 0 Å². The summed E-state index contributed by atoms with van der Waals surface area (Å²) in [6.07, 6.45) is -10.7. The molecule has 0 bridgehead atoms. The standard InChI is InChI=1S/C10H9F5O6S2/c11-9(12,13)8(10(14,15)23(18,19)20)21-22(16,17)6-7-4-2-1-3-5-7/h1-5,8H,6H2,(H,18,19,20). The van der Waals surface area contributed by atoms with Crippen molar-refractivity contribution >= 4 is 20.2 Å². The molecule has 0 aliphatic carbocycles. The van der Waals surface area contributed by atoms with Crippen LogP contribution in [-0.2, 0) is 30.2 Å². The molecule has 0 radical (unpaired) electrons. The molecular formula is C10H9F5O6S2. The van der Waals surface area contributed by atoms with Gasteiger partial charge in [0.25, 0.3) is 16.2 Å². The van der Waals surface area contributed by atoms with Gasteiger partial charge < -0.3 is 0 Å². The van der Waals surface area contributed by atoms with Crippen molar-refractivity contribution in [3.8, 4) is 0 Å². The van der Waals surface area contributed by atoms with Gasteiger partial charge in [-0.15, -0.1) is 0 Å². The number of benzene rings is 1. The Balaban J connectivity index is 3.17. The van der Waals surface area contributed by atoms with Crippen LogP contribution in [0.15, 0.2) is 30.3 Å². The average Bonchev–Trinajstić information content (AvgIpc) is 2.34. The summed E-state index contributed by atoms with van der Waals surface area (Å²) in [5, 5.41) is -5.91. The molecule has 0 aliphatic heterocycles. The van der Waals surface area contributed by atoms with Gasteiger partial charge in [0.2, 0.25) is 0 Å². The summed E-state index contributed by atoms with van der Waals surface area (Å²) in [5.41, 5.74) is -0.0800. The first-order chi connectivity index (χ1) is 10.2. The number of alkyl halides is 5. The molecule has 0 spiro atoms. The molecule has 0 aliphatic rings. The summed E-state index contributed by atoms with van der Waals surface area (Å²) in [7, 11) is -11.8. The summed E-state index contributed by atoms with van der Waals surface area (Å²) in [6.45, 7) is 0. The van der Waals surface area contributed by atoms with Crippen molar-refractivity contribution in [2.24, 2.45) is 0 Å². The first-order valence-electron chi connectivity index (χ1n) is 5.53. The van der Waals surface area contributed by atoms with Gasteiger partial charge in [0.05, 0.1) is 0 Å². The highest BCUT2D eigenvalue weighted by Gasteiger charge is 2.66. The van der Waals surface area contributed by atoms with E-state index in [0.29, 0.717) is 0 Å². The zero-order valence-electron chi connectivity index (χ0n) is 10.9. The maximum Gasteiger partial charge on any atom is 0.423 e. The molecule has 6 nitrogen and oxygen atoms in total. The molecule has 13 heteroatoms. The van der Waals surface area contributed by atoms with E-state index in [9.17, 15) is 38.8 Å². The summed E-state index contributed by atoms with van der Waals surface area (Å²) < 4.78 is 120. The third-order valence-corrected chi connectivity index (χ3v) is 4.45. The Hall–Kier alpha value is -1.31. The minimum atomic E-state index is -6.57. The fourth-order valence-electron chi connectivity index (χ4n) is 1.40. The van der Waals surface area contributed by atoms with E-state index in [2.05, 4.69) is 4.18 Å². The molecule has 0 saturated carbocycles. The van der Waals surface area contributed by atoms with Crippen LogP contribution in [0.1, 0.15) is 5.56 Å². The quantitative estimate of drug-likeness (QED) is 0.457. The van der Waals surface area contributed by atoms with Crippen LogP contribution in [0.4, 0.5) is 22.0 Å². The predicted octanol–water partition coefficient (Wildman–Crippen LogP) is 1.94. The third-order valence-electron chi connectivity index (χ3n) is 2.38. The van der Waals surface area contributed by atoms with Gasteiger partial charge in [0, 0.05) is 0 Å². The van der Waals surface area contributed by atoms with E-state index in [1.807, 2.05) is 0 Å². The Morgan fingerprint density at radius 3 is 1.87 bits per heavy atom. The summed E-state index contributed by atoms with van der Waals surface area (Å²) >= 11 is 0. The summed E-state index contributed by atoms with van der Waals surface area (Å²) in [6, 6.07) is 6.47. The molecule has 1 atom stereocenters. The zero-order valence-corrected chi connectivity index (χ0v) is 12.5. The molecule has 1 unspecified atom stereocenters. The monoisotopic (exact) mass is 384 g/mol. The van der Waals surface area contributed by atoms with Crippen molar-refractivity contribution in [2.45, 2.75) is 23.3 Å². The van der Waals surface area contributed by atoms with Crippen molar-refractivity contribution in [3.63, 3.8) is 0 Å². The highest BCUT2D eigenvalue weighted by Crippen LogP contribution is 2.39. The van der Waals surface area contributed by atoms with Crippen LogP contribution in [0.2, 0.25) is 0 Å². The van der Waals surface area contributed by atoms with Crippen molar-refractivity contribution < 1.29 is 47.5 Å². The number of halogens is 5. The van der Waals surface area contributed by atoms with Crippen molar-refractivity contribution in [1.29, 1.82) is 0 Å². The van der Waals surface area contributed by atoms with Crippen molar-refractivity contribution in [2.75, 3.05) is 0 Å². The number of hydrogen-bond donors (Lipinski definition) is 1. The molecule has 0 aromatic heterocycles. The average molecular weight is 384 g/mol. The molecule has 1 aromatic rings. The minimum absolute atomic E-state index is 0.0800. The lowest BCUT2D eigenvalue weighted by Gasteiger charge is -2.25. The molecular weight excluding hydrogens is 375 g/mol. The molecule has 1 N–H and O–H groups in total. The van der Waals surface area contributed by atoms with Gasteiger partial charge in [-0.1, -0.05) is 30.3 Å². The molecule has 1 aromatic carbocycles. The lowest BCUT2D eigenvalue weighted by Crippen LogP contribution is -2.52. The zero-order chi connectivity index (χ0) is 18.1. The predicted molar refractivity (Wildman–Crippen MR) is 66.5 cm³/mol. The van der Waals surface area contributed by atoms with Gasteiger partial charge in [-0.05, 0) is 5.56 Å². The molecule has 23 heavy (non-hydrogen) atoms. The van der Waals surface area contributed by atoms with Gasteiger partial charge in [-0.25, -0.2) is 4.18 Å². The highest BCUT2D eigenvalue weighted by atomic mass is 32.2. The van der Waals surface area contributed by atoms with Crippen LogP contribution in [-0.4, -0.2) is 38.9 Å². The number of rotatable bonds is 6. The van der Waals surface area contributed by atoms with Gasteiger partial charge >= 0.3 is 21.5 Å². The van der Waals surface area contributed by atoms with E-state index in [1.165, 1.54) is 30.3 Å². The highest BCUT2D eigenvalue weighted by molar-refractivity contribution is 7.87. The van der Waals surface area contributed by atoms with Crippen molar-refractivity contribution in [3.05, 3.63) is 35.9 Å². The number of hydrogen-bond acceptors (Lipinski definition) is 5. The van der Waals surface area contributed by atoms with E-state index in [0.717, 1.165) is 0 Å². The van der Waals surface area contributed by atoms with Gasteiger partial charge in [-0.3, -0.25) is 4.55 Å². The Morgan fingerprint density at radius 2 is 1.48 bits per heavy atom. The van der Waals surface area contributed by atoms with Gasteiger partial charge in [0.15, 0.2) is 0 Å². The first kappa shape index (κ1) is 19.7.